The lowest BCUT2D eigenvalue weighted by Gasteiger charge is -2.48. The van der Waals surface area contributed by atoms with E-state index < -0.39 is 29.2 Å². The molecule has 0 aromatic carbocycles. The maximum atomic E-state index is 12.5. The Morgan fingerprint density at radius 2 is 2.19 bits per heavy atom. The topological polar surface area (TPSA) is 169 Å². The molecule has 2 atom stereocenters. The van der Waals surface area contributed by atoms with E-state index in [1.54, 1.807) is 0 Å². The number of ether oxygens (including phenoxy) is 1. The number of nitrogen functional groups attached to an aromatic ring is 1. The van der Waals surface area contributed by atoms with Gasteiger partial charge in [-0.05, 0) is 0 Å². The average molecular weight is 414 g/mol. The minimum atomic E-state index is -1.28. The van der Waals surface area contributed by atoms with E-state index in [1.807, 2.05) is 0 Å². The van der Waals surface area contributed by atoms with E-state index in [0.29, 0.717) is 0 Å². The molecule has 1 aromatic heterocycles. The van der Waals surface area contributed by atoms with Crippen molar-refractivity contribution in [2.75, 3.05) is 25.7 Å². The quantitative estimate of drug-likeness (QED) is 0.292. The Bertz CT molecular complexity index is 867. The van der Waals surface area contributed by atoms with Crippen LogP contribution in [-0.2, 0) is 24.0 Å². The SMILES string of the molecule is CO/N=C(/C(=O)N[C@@H]1C(=O)N2C(C(=O)O)=C(OC)CS[C@H]12)c1nsc(N)n1. The van der Waals surface area contributed by atoms with Crippen molar-refractivity contribution < 1.29 is 29.1 Å². The predicted octanol–water partition coefficient (Wildman–Crippen LogP) is -1.19. The number of oxime groups is 1. The molecule has 144 valence electrons. The van der Waals surface area contributed by atoms with E-state index in [2.05, 4.69) is 24.7 Å². The van der Waals surface area contributed by atoms with Crippen molar-refractivity contribution in [3.8, 4) is 0 Å². The highest BCUT2D eigenvalue weighted by atomic mass is 32.2. The van der Waals surface area contributed by atoms with Gasteiger partial charge >= 0.3 is 5.97 Å². The van der Waals surface area contributed by atoms with Gasteiger partial charge in [-0.3, -0.25) is 14.5 Å². The number of methoxy groups -OCH3 is 1. The van der Waals surface area contributed by atoms with Crippen LogP contribution in [-0.4, -0.2) is 74.2 Å². The third-order valence-electron chi connectivity index (χ3n) is 3.72. The molecule has 0 spiro atoms. The van der Waals surface area contributed by atoms with Crippen LogP contribution in [0.5, 0.6) is 0 Å². The molecule has 1 fully saturated rings. The molecule has 0 unspecified atom stereocenters. The number of carboxylic acid groups (broad SMARTS) is 1. The van der Waals surface area contributed by atoms with Crippen LogP contribution in [0.25, 0.3) is 0 Å². The highest BCUT2D eigenvalue weighted by Crippen LogP contribution is 2.40. The van der Waals surface area contributed by atoms with Gasteiger partial charge in [-0.2, -0.15) is 9.36 Å². The van der Waals surface area contributed by atoms with Crippen molar-refractivity contribution in [2.45, 2.75) is 11.4 Å². The molecule has 14 heteroatoms. The lowest BCUT2D eigenvalue weighted by atomic mass is 10.0. The summed E-state index contributed by atoms with van der Waals surface area (Å²) in [5.74, 6) is -2.20. The molecule has 0 aliphatic carbocycles. The smallest absolute Gasteiger partial charge is 0.356 e. The number of fused-ring (bicyclic) bond motifs is 1. The summed E-state index contributed by atoms with van der Waals surface area (Å²) < 4.78 is 8.94. The fourth-order valence-electron chi connectivity index (χ4n) is 2.56. The number of hydrogen-bond acceptors (Lipinski definition) is 11. The van der Waals surface area contributed by atoms with Crippen LogP contribution in [0.15, 0.2) is 16.6 Å². The maximum Gasteiger partial charge on any atom is 0.356 e. The summed E-state index contributed by atoms with van der Waals surface area (Å²) in [6.07, 6.45) is 0. The number of carbonyl (C=O) groups excluding carboxylic acids is 2. The van der Waals surface area contributed by atoms with E-state index >= 15 is 0 Å². The van der Waals surface area contributed by atoms with Crippen molar-refractivity contribution in [2.24, 2.45) is 5.16 Å². The van der Waals surface area contributed by atoms with Crippen molar-refractivity contribution in [1.29, 1.82) is 0 Å². The van der Waals surface area contributed by atoms with E-state index in [1.165, 1.54) is 26.0 Å². The van der Waals surface area contributed by atoms with E-state index in [4.69, 9.17) is 10.5 Å². The van der Waals surface area contributed by atoms with Gasteiger partial charge in [0.1, 0.15) is 24.3 Å². The number of thioether (sulfide) groups is 1. The van der Waals surface area contributed by atoms with Crippen LogP contribution in [0.1, 0.15) is 5.82 Å². The molecule has 1 saturated heterocycles. The van der Waals surface area contributed by atoms with Gasteiger partial charge in [-0.1, -0.05) is 5.16 Å². The lowest BCUT2D eigenvalue weighted by Crippen LogP contribution is -2.71. The lowest BCUT2D eigenvalue weighted by molar-refractivity contribution is -0.150. The molecule has 0 bridgehead atoms. The number of nitrogens with one attached hydrogen (secondary N) is 1. The number of amides is 2. The Hall–Kier alpha value is -2.87. The van der Waals surface area contributed by atoms with Crippen molar-refractivity contribution in [3.63, 3.8) is 0 Å². The Balaban J connectivity index is 1.79. The summed E-state index contributed by atoms with van der Waals surface area (Å²) in [4.78, 5) is 46.1. The molecule has 0 saturated carbocycles. The van der Waals surface area contributed by atoms with Gasteiger partial charge < -0.3 is 25.7 Å². The highest BCUT2D eigenvalue weighted by Gasteiger charge is 2.55. The molecule has 1 aromatic rings. The van der Waals surface area contributed by atoms with E-state index in [9.17, 15) is 19.5 Å². The fourth-order valence-corrected chi connectivity index (χ4v) is 4.31. The minimum Gasteiger partial charge on any atom is -0.498 e. The van der Waals surface area contributed by atoms with Crippen molar-refractivity contribution in [3.05, 3.63) is 17.3 Å². The van der Waals surface area contributed by atoms with Crippen molar-refractivity contribution >= 4 is 51.9 Å². The molecule has 3 heterocycles. The zero-order valence-electron chi connectivity index (χ0n) is 14.0. The number of carbonyl (C=O) groups is 3. The second kappa shape index (κ2) is 7.40. The predicted molar refractivity (Wildman–Crippen MR) is 94.6 cm³/mol. The summed E-state index contributed by atoms with van der Waals surface area (Å²) in [5.41, 5.74) is 5.04. The van der Waals surface area contributed by atoms with E-state index in [-0.39, 0.29) is 33.9 Å². The summed E-state index contributed by atoms with van der Waals surface area (Å²) in [6, 6.07) is -0.937. The van der Waals surface area contributed by atoms with Crippen LogP contribution in [0.3, 0.4) is 0 Å². The second-order valence-electron chi connectivity index (χ2n) is 5.22. The third kappa shape index (κ3) is 3.28. The monoisotopic (exact) mass is 414 g/mol. The standard InChI is InChI=1S/C13H14N6O6S2/c1-24-4-3-26-11-6(10(21)19(11)7(4)12(22)23)15-9(20)5(17-25-2)8-16-13(14)27-18-8/h6,11H,3H2,1-2H3,(H,15,20)(H,22,23)(H2,14,16,18)/b17-5+/t6-,11-/m1/s1. The average Bonchev–Trinajstić information content (AvgIpc) is 3.08. The Morgan fingerprint density at radius 3 is 2.74 bits per heavy atom. The van der Waals surface area contributed by atoms with Gasteiger partial charge in [0.05, 0.1) is 12.9 Å². The highest BCUT2D eigenvalue weighted by molar-refractivity contribution is 8.00. The van der Waals surface area contributed by atoms with Crippen LogP contribution in [0, 0.1) is 0 Å². The number of nitrogens with two attached hydrogens (primary N) is 1. The van der Waals surface area contributed by atoms with Gasteiger partial charge in [0, 0.05) is 11.5 Å². The number of anilines is 1. The normalized spacial score (nSPS) is 22.1. The number of hydrogen-bond donors (Lipinski definition) is 3. The Labute approximate surface area is 160 Å². The van der Waals surface area contributed by atoms with Crippen LogP contribution in [0.2, 0.25) is 0 Å². The van der Waals surface area contributed by atoms with E-state index in [0.717, 1.165) is 16.4 Å². The van der Waals surface area contributed by atoms with Gasteiger partial charge in [0.2, 0.25) is 11.5 Å². The molecule has 2 amide bonds. The second-order valence-corrected chi connectivity index (χ2v) is 7.11. The molecule has 2 aliphatic heterocycles. The molecule has 27 heavy (non-hydrogen) atoms. The molecule has 2 aliphatic rings. The third-order valence-corrected chi connectivity index (χ3v) is 5.52. The summed E-state index contributed by atoms with van der Waals surface area (Å²) in [7, 11) is 2.58. The number of aliphatic carboxylic acids is 1. The van der Waals surface area contributed by atoms with Gasteiger partial charge in [-0.15, -0.1) is 11.8 Å². The number of nitrogens with zero attached hydrogens (tertiary/aromatic N) is 4. The molecule has 4 N–H and O–H groups in total. The fraction of sp³-hybridized carbons (Fsp3) is 0.385. The molecule has 0 radical (unpaired) electrons. The largest absolute Gasteiger partial charge is 0.498 e. The van der Waals surface area contributed by atoms with Gasteiger partial charge in [0.15, 0.2) is 10.8 Å². The molecular formula is C13H14N6O6S2. The molecular weight excluding hydrogens is 400 g/mol. The minimum absolute atomic E-state index is 0.0374. The Morgan fingerprint density at radius 1 is 1.44 bits per heavy atom. The Kier molecular flexibility index (Phi) is 5.18. The van der Waals surface area contributed by atoms with Crippen molar-refractivity contribution in [1.82, 2.24) is 19.6 Å². The number of aromatic nitrogens is 2. The first-order valence-electron chi connectivity index (χ1n) is 7.35. The summed E-state index contributed by atoms with van der Waals surface area (Å²) in [5, 5.41) is 15.0. The number of carboxylic acids is 1. The number of rotatable bonds is 6. The first-order chi connectivity index (χ1) is 12.9. The first kappa shape index (κ1) is 18.9. The van der Waals surface area contributed by atoms with Crippen LogP contribution < -0.4 is 11.1 Å². The summed E-state index contributed by atoms with van der Waals surface area (Å²) >= 11 is 2.14. The van der Waals surface area contributed by atoms with Gasteiger partial charge in [0.25, 0.3) is 11.8 Å². The zero-order chi connectivity index (χ0) is 19.7. The van der Waals surface area contributed by atoms with Gasteiger partial charge in [-0.25, -0.2) is 4.79 Å². The maximum absolute atomic E-state index is 12.5. The first-order valence-corrected chi connectivity index (χ1v) is 9.18. The van der Waals surface area contributed by atoms with Crippen LogP contribution in [0.4, 0.5) is 5.13 Å². The molecule has 12 nitrogen and oxygen atoms in total. The summed E-state index contributed by atoms with van der Waals surface area (Å²) in [6.45, 7) is 0. The number of β-lactam (4-membered cyclic amide) rings is 1. The molecule has 3 rings (SSSR count). The zero-order valence-corrected chi connectivity index (χ0v) is 15.7. The van der Waals surface area contributed by atoms with Crippen LogP contribution >= 0.6 is 23.3 Å².